The molecule has 3 N–H and O–H groups in total. The molecule has 0 saturated carbocycles. The summed E-state index contributed by atoms with van der Waals surface area (Å²) in [6, 6.07) is -0.532. The van der Waals surface area contributed by atoms with Crippen LogP contribution in [0.2, 0.25) is 0 Å². The Morgan fingerprint density at radius 3 is 1.25 bits per heavy atom. The summed E-state index contributed by atoms with van der Waals surface area (Å²) in [7, 11) is 0. The van der Waals surface area contributed by atoms with Gasteiger partial charge in [-0.3, -0.25) is 4.79 Å². The van der Waals surface area contributed by atoms with Crippen LogP contribution in [0.5, 0.6) is 0 Å². The molecule has 0 aliphatic carbocycles. The third-order valence-corrected chi connectivity index (χ3v) is 10.3. The number of aliphatic hydroxyl groups excluding tert-OH is 2. The molecule has 0 aliphatic rings. The first-order chi connectivity index (χ1) is 26.2. The highest BCUT2D eigenvalue weighted by Crippen LogP contribution is 2.16. The molecule has 0 aromatic heterocycles. The third kappa shape index (κ3) is 41.1. The molecule has 1 amide bonds. The Morgan fingerprint density at radius 2 is 0.830 bits per heavy atom. The van der Waals surface area contributed by atoms with E-state index in [1.54, 1.807) is 0 Å². The maximum atomic E-state index is 12.3. The lowest BCUT2D eigenvalue weighted by Gasteiger charge is -2.22. The van der Waals surface area contributed by atoms with E-state index in [1.165, 1.54) is 141 Å². The van der Waals surface area contributed by atoms with E-state index in [-0.39, 0.29) is 12.5 Å². The van der Waals surface area contributed by atoms with Gasteiger partial charge in [0.2, 0.25) is 5.91 Å². The van der Waals surface area contributed by atoms with Crippen molar-refractivity contribution < 1.29 is 15.0 Å². The van der Waals surface area contributed by atoms with Crippen molar-refractivity contribution in [1.29, 1.82) is 0 Å². The van der Waals surface area contributed by atoms with E-state index in [0.717, 1.165) is 57.8 Å². The number of allylic oxidation sites excluding steroid dienone is 10. The van der Waals surface area contributed by atoms with Gasteiger partial charge in [0.05, 0.1) is 18.8 Å². The second-order valence-electron chi connectivity index (χ2n) is 15.4. The maximum absolute atomic E-state index is 12.3. The average Bonchev–Trinajstić information content (AvgIpc) is 3.16. The zero-order valence-corrected chi connectivity index (χ0v) is 35.3. The Balaban J connectivity index is 3.39. The van der Waals surface area contributed by atoms with E-state index in [0.29, 0.717) is 12.8 Å². The molecule has 308 valence electrons. The molecular formula is C49H89NO3. The van der Waals surface area contributed by atoms with Crippen LogP contribution >= 0.6 is 0 Å². The van der Waals surface area contributed by atoms with Crippen molar-refractivity contribution in [3.8, 4) is 0 Å². The standard InChI is InChI=1S/C49H89NO3/c1-3-5-7-9-11-12-13-14-15-16-17-18-19-20-21-22-23-24-25-26-27-28-29-30-31-32-33-34-35-36-37-38-39-41-43-45-49(53)50-47(46-51)48(52)44-42-40-10-8-6-4-2/h5,7,11-12,14-15,17-18,20-21,47-48,51-52H,3-4,6,8-10,13,16,19,22-46H2,1-2H3,(H,50,53)/b7-5-,12-11-,15-14-,18-17-,21-20-. The number of aliphatic hydroxyl groups is 2. The number of carbonyl (C=O) groups excluding carboxylic acids is 1. The molecule has 0 bridgehead atoms. The van der Waals surface area contributed by atoms with Gasteiger partial charge in [-0.05, 0) is 57.8 Å². The number of amides is 1. The molecule has 0 saturated heterocycles. The Bertz CT molecular complexity index is 888. The molecular weight excluding hydrogens is 651 g/mol. The summed E-state index contributed by atoms with van der Waals surface area (Å²) in [6.07, 6.45) is 62.0. The van der Waals surface area contributed by atoms with Crippen molar-refractivity contribution >= 4 is 5.91 Å². The number of rotatable bonds is 41. The second kappa shape index (κ2) is 44.5. The predicted molar refractivity (Wildman–Crippen MR) is 234 cm³/mol. The zero-order chi connectivity index (χ0) is 38.6. The topological polar surface area (TPSA) is 69.6 Å². The lowest BCUT2D eigenvalue weighted by Crippen LogP contribution is -2.45. The molecule has 0 radical (unpaired) electrons. The molecule has 0 aliphatic heterocycles. The quantitative estimate of drug-likeness (QED) is 0.0432. The van der Waals surface area contributed by atoms with Crippen molar-refractivity contribution in [2.45, 2.75) is 238 Å². The largest absolute Gasteiger partial charge is 0.394 e. The first kappa shape index (κ1) is 51.1. The normalized spacial score (nSPS) is 13.5. The summed E-state index contributed by atoms with van der Waals surface area (Å²) in [5.41, 5.74) is 0. The molecule has 4 nitrogen and oxygen atoms in total. The first-order valence-corrected chi connectivity index (χ1v) is 23.0. The van der Waals surface area contributed by atoms with Crippen LogP contribution in [0.15, 0.2) is 60.8 Å². The van der Waals surface area contributed by atoms with Gasteiger partial charge in [0, 0.05) is 6.42 Å². The molecule has 2 atom stereocenters. The SMILES string of the molecule is CC/C=C\C/C=C\C/C=C\C/C=C\C/C=C\CCCCCCCCCCCCCCCCCCCCCC(=O)NC(CO)C(O)CCCCCCCC. The average molecular weight is 740 g/mol. The summed E-state index contributed by atoms with van der Waals surface area (Å²) in [6.45, 7) is 4.18. The molecule has 0 spiro atoms. The van der Waals surface area contributed by atoms with Gasteiger partial charge >= 0.3 is 0 Å². The Kier molecular flexibility index (Phi) is 42.9. The van der Waals surface area contributed by atoms with Crippen LogP contribution in [-0.2, 0) is 4.79 Å². The molecule has 0 aromatic carbocycles. The molecule has 2 unspecified atom stereocenters. The van der Waals surface area contributed by atoms with Crippen LogP contribution in [0.25, 0.3) is 0 Å². The van der Waals surface area contributed by atoms with Crippen molar-refractivity contribution in [2.75, 3.05) is 6.61 Å². The van der Waals surface area contributed by atoms with E-state index in [9.17, 15) is 15.0 Å². The Hall–Kier alpha value is -1.91. The minimum Gasteiger partial charge on any atom is -0.394 e. The van der Waals surface area contributed by atoms with Gasteiger partial charge in [0.25, 0.3) is 0 Å². The highest BCUT2D eigenvalue weighted by atomic mass is 16.3. The molecule has 0 aromatic rings. The zero-order valence-electron chi connectivity index (χ0n) is 35.3. The van der Waals surface area contributed by atoms with Gasteiger partial charge in [-0.15, -0.1) is 0 Å². The highest BCUT2D eigenvalue weighted by Gasteiger charge is 2.19. The van der Waals surface area contributed by atoms with Gasteiger partial charge in [-0.1, -0.05) is 222 Å². The summed E-state index contributed by atoms with van der Waals surface area (Å²) < 4.78 is 0. The predicted octanol–water partition coefficient (Wildman–Crippen LogP) is 14.5. The second-order valence-corrected chi connectivity index (χ2v) is 15.4. The molecule has 4 heteroatoms. The van der Waals surface area contributed by atoms with Crippen LogP contribution in [-0.4, -0.2) is 34.9 Å². The number of hydrogen-bond acceptors (Lipinski definition) is 3. The van der Waals surface area contributed by atoms with Gasteiger partial charge in [-0.2, -0.15) is 0 Å². The minimum absolute atomic E-state index is 0.0366. The molecule has 0 fully saturated rings. The van der Waals surface area contributed by atoms with Gasteiger partial charge < -0.3 is 15.5 Å². The number of hydrogen-bond donors (Lipinski definition) is 3. The third-order valence-electron chi connectivity index (χ3n) is 10.3. The molecule has 53 heavy (non-hydrogen) atoms. The summed E-state index contributed by atoms with van der Waals surface area (Å²) >= 11 is 0. The van der Waals surface area contributed by atoms with Crippen LogP contribution in [0, 0.1) is 0 Å². The lowest BCUT2D eigenvalue weighted by atomic mass is 10.0. The van der Waals surface area contributed by atoms with Crippen LogP contribution in [0.4, 0.5) is 0 Å². The molecule has 0 rings (SSSR count). The van der Waals surface area contributed by atoms with Crippen LogP contribution < -0.4 is 5.32 Å². The van der Waals surface area contributed by atoms with Crippen LogP contribution in [0.3, 0.4) is 0 Å². The Labute approximate surface area is 330 Å². The van der Waals surface area contributed by atoms with Crippen molar-refractivity contribution in [3.63, 3.8) is 0 Å². The minimum atomic E-state index is -0.655. The summed E-state index contributed by atoms with van der Waals surface area (Å²) in [5, 5.41) is 22.9. The van der Waals surface area contributed by atoms with E-state index >= 15 is 0 Å². The van der Waals surface area contributed by atoms with Gasteiger partial charge in [0.15, 0.2) is 0 Å². The smallest absolute Gasteiger partial charge is 0.220 e. The maximum Gasteiger partial charge on any atom is 0.220 e. The van der Waals surface area contributed by atoms with Gasteiger partial charge in [-0.25, -0.2) is 0 Å². The number of nitrogens with one attached hydrogen (secondary N) is 1. The highest BCUT2D eigenvalue weighted by molar-refractivity contribution is 5.76. The fourth-order valence-electron chi connectivity index (χ4n) is 6.80. The summed E-state index contributed by atoms with van der Waals surface area (Å²) in [4.78, 5) is 12.3. The van der Waals surface area contributed by atoms with Crippen molar-refractivity contribution in [1.82, 2.24) is 5.32 Å². The first-order valence-electron chi connectivity index (χ1n) is 23.0. The number of unbranched alkanes of at least 4 members (excludes halogenated alkanes) is 24. The van der Waals surface area contributed by atoms with Crippen molar-refractivity contribution in [3.05, 3.63) is 60.8 Å². The van der Waals surface area contributed by atoms with Crippen molar-refractivity contribution in [2.24, 2.45) is 0 Å². The fourth-order valence-corrected chi connectivity index (χ4v) is 6.80. The van der Waals surface area contributed by atoms with E-state index < -0.39 is 12.1 Å². The fraction of sp³-hybridized carbons (Fsp3) is 0.776. The molecule has 0 heterocycles. The number of carbonyl (C=O) groups is 1. The summed E-state index contributed by atoms with van der Waals surface area (Å²) in [5.74, 6) is -0.0366. The van der Waals surface area contributed by atoms with Crippen LogP contribution in [0.1, 0.15) is 226 Å². The van der Waals surface area contributed by atoms with Gasteiger partial charge in [0.1, 0.15) is 0 Å². The van der Waals surface area contributed by atoms with E-state index in [4.69, 9.17) is 0 Å². The Morgan fingerprint density at radius 1 is 0.472 bits per heavy atom. The van der Waals surface area contributed by atoms with E-state index in [2.05, 4.69) is 79.9 Å². The van der Waals surface area contributed by atoms with E-state index in [1.807, 2.05) is 0 Å². The monoisotopic (exact) mass is 740 g/mol. The lowest BCUT2D eigenvalue weighted by molar-refractivity contribution is -0.123.